The molecule has 5 nitrogen and oxygen atoms in total. The van der Waals surface area contributed by atoms with Crippen LogP contribution in [0.5, 0.6) is 0 Å². The maximum absolute atomic E-state index is 12.0. The number of amides is 1. The van der Waals surface area contributed by atoms with E-state index in [-0.39, 0.29) is 12.5 Å². The van der Waals surface area contributed by atoms with Crippen molar-refractivity contribution in [3.05, 3.63) is 29.3 Å². The van der Waals surface area contributed by atoms with Gasteiger partial charge in [0, 0.05) is 12.2 Å². The first-order valence-electron chi connectivity index (χ1n) is 6.18. The minimum atomic E-state index is -0.964. The van der Waals surface area contributed by atoms with Crippen molar-refractivity contribution in [1.82, 2.24) is 5.32 Å². The van der Waals surface area contributed by atoms with Crippen molar-refractivity contribution in [2.24, 2.45) is 5.41 Å². The SMILES string of the molecule is CCC(C)(CNC(=O)c1cc(C)ccc1N)C(=O)O. The van der Waals surface area contributed by atoms with E-state index in [4.69, 9.17) is 10.8 Å². The van der Waals surface area contributed by atoms with Crippen molar-refractivity contribution < 1.29 is 14.7 Å². The molecule has 5 heteroatoms. The predicted octanol–water partition coefficient (Wildman–Crippen LogP) is 1.81. The highest BCUT2D eigenvalue weighted by molar-refractivity contribution is 5.99. The number of rotatable bonds is 5. The van der Waals surface area contributed by atoms with Crippen LogP contribution in [-0.4, -0.2) is 23.5 Å². The maximum atomic E-state index is 12.0. The van der Waals surface area contributed by atoms with Gasteiger partial charge < -0.3 is 16.2 Å². The molecule has 0 spiro atoms. The van der Waals surface area contributed by atoms with Gasteiger partial charge in [0.2, 0.25) is 0 Å². The zero-order valence-electron chi connectivity index (χ0n) is 11.5. The van der Waals surface area contributed by atoms with E-state index in [1.807, 2.05) is 13.0 Å². The number of carboxylic acids is 1. The Balaban J connectivity index is 2.81. The number of benzene rings is 1. The van der Waals surface area contributed by atoms with E-state index < -0.39 is 11.4 Å². The van der Waals surface area contributed by atoms with Crippen LogP contribution in [0.3, 0.4) is 0 Å². The molecule has 1 atom stereocenters. The highest BCUT2D eigenvalue weighted by Crippen LogP contribution is 2.20. The molecule has 1 rings (SSSR count). The first-order chi connectivity index (χ1) is 8.80. The molecule has 0 aromatic heterocycles. The van der Waals surface area contributed by atoms with Crippen LogP contribution in [0.1, 0.15) is 36.2 Å². The Morgan fingerprint density at radius 1 is 1.42 bits per heavy atom. The molecular formula is C14H20N2O3. The number of anilines is 1. The van der Waals surface area contributed by atoms with Gasteiger partial charge in [-0.25, -0.2) is 0 Å². The Bertz CT molecular complexity index is 499. The number of nitrogens with one attached hydrogen (secondary N) is 1. The third-order valence-electron chi connectivity index (χ3n) is 3.39. The summed E-state index contributed by atoms with van der Waals surface area (Å²) in [6.07, 6.45) is 0.436. The fourth-order valence-electron chi connectivity index (χ4n) is 1.59. The minimum absolute atomic E-state index is 0.0745. The average molecular weight is 264 g/mol. The monoisotopic (exact) mass is 264 g/mol. The molecule has 0 bridgehead atoms. The largest absolute Gasteiger partial charge is 0.481 e. The smallest absolute Gasteiger partial charge is 0.311 e. The number of aryl methyl sites for hydroxylation is 1. The summed E-state index contributed by atoms with van der Waals surface area (Å²) in [7, 11) is 0. The van der Waals surface area contributed by atoms with Crippen LogP contribution in [0.4, 0.5) is 5.69 Å². The third-order valence-corrected chi connectivity index (χ3v) is 3.39. The van der Waals surface area contributed by atoms with Crippen LogP contribution in [0, 0.1) is 12.3 Å². The fraction of sp³-hybridized carbons (Fsp3) is 0.429. The summed E-state index contributed by atoms with van der Waals surface area (Å²) in [5, 5.41) is 11.8. The molecule has 0 heterocycles. The highest BCUT2D eigenvalue weighted by Gasteiger charge is 2.31. The van der Waals surface area contributed by atoms with Gasteiger partial charge in [-0.2, -0.15) is 0 Å². The molecular weight excluding hydrogens is 244 g/mol. The molecule has 1 aromatic carbocycles. The molecule has 0 aliphatic heterocycles. The molecule has 0 saturated heterocycles. The molecule has 0 aliphatic rings. The van der Waals surface area contributed by atoms with Gasteiger partial charge in [-0.05, 0) is 32.4 Å². The number of carbonyl (C=O) groups is 2. The lowest BCUT2D eigenvalue weighted by Crippen LogP contribution is -2.40. The van der Waals surface area contributed by atoms with E-state index in [0.717, 1.165) is 5.56 Å². The summed E-state index contributed by atoms with van der Waals surface area (Å²) in [4.78, 5) is 23.2. The van der Waals surface area contributed by atoms with Crippen molar-refractivity contribution >= 4 is 17.6 Å². The van der Waals surface area contributed by atoms with Gasteiger partial charge in [0.25, 0.3) is 5.91 Å². The van der Waals surface area contributed by atoms with Crippen LogP contribution >= 0.6 is 0 Å². The first kappa shape index (κ1) is 15.0. The summed E-state index contributed by atoms with van der Waals surface area (Å²) < 4.78 is 0. The summed E-state index contributed by atoms with van der Waals surface area (Å²) in [5.41, 5.74) is 6.47. The molecule has 1 amide bonds. The van der Waals surface area contributed by atoms with Crippen molar-refractivity contribution in [1.29, 1.82) is 0 Å². The van der Waals surface area contributed by atoms with E-state index in [1.54, 1.807) is 26.0 Å². The van der Waals surface area contributed by atoms with Gasteiger partial charge in [-0.1, -0.05) is 18.6 Å². The van der Waals surface area contributed by atoms with Gasteiger partial charge in [0.05, 0.1) is 11.0 Å². The number of hydrogen-bond acceptors (Lipinski definition) is 3. The second-order valence-corrected chi connectivity index (χ2v) is 4.99. The van der Waals surface area contributed by atoms with Crippen LogP contribution in [0.15, 0.2) is 18.2 Å². The van der Waals surface area contributed by atoms with E-state index in [1.165, 1.54) is 0 Å². The van der Waals surface area contributed by atoms with Gasteiger partial charge in [0.1, 0.15) is 0 Å². The zero-order valence-corrected chi connectivity index (χ0v) is 11.5. The maximum Gasteiger partial charge on any atom is 0.311 e. The van der Waals surface area contributed by atoms with E-state index in [2.05, 4.69) is 5.32 Å². The van der Waals surface area contributed by atoms with E-state index in [0.29, 0.717) is 17.7 Å². The standard InChI is InChI=1S/C14H20N2O3/c1-4-14(3,13(18)19)8-16-12(17)10-7-9(2)5-6-11(10)15/h5-7H,4,8,15H2,1-3H3,(H,16,17)(H,18,19). The number of aliphatic carboxylic acids is 1. The Kier molecular flexibility index (Phi) is 4.53. The number of carbonyl (C=O) groups excluding carboxylic acids is 1. The Hall–Kier alpha value is -2.04. The predicted molar refractivity (Wildman–Crippen MR) is 74.0 cm³/mol. The molecule has 0 fully saturated rings. The number of hydrogen-bond donors (Lipinski definition) is 3. The fourth-order valence-corrected chi connectivity index (χ4v) is 1.59. The highest BCUT2D eigenvalue weighted by atomic mass is 16.4. The summed E-state index contributed by atoms with van der Waals surface area (Å²) >= 11 is 0. The molecule has 0 aliphatic carbocycles. The van der Waals surface area contributed by atoms with Gasteiger partial charge in [-0.15, -0.1) is 0 Å². The van der Waals surface area contributed by atoms with Crippen molar-refractivity contribution in [2.45, 2.75) is 27.2 Å². The lowest BCUT2D eigenvalue weighted by Gasteiger charge is -2.23. The molecule has 1 aromatic rings. The van der Waals surface area contributed by atoms with Crippen LogP contribution in [0.25, 0.3) is 0 Å². The molecule has 104 valence electrons. The quantitative estimate of drug-likeness (QED) is 0.707. The molecule has 19 heavy (non-hydrogen) atoms. The number of nitrogens with two attached hydrogens (primary N) is 1. The topological polar surface area (TPSA) is 92.4 Å². The average Bonchev–Trinajstić information content (AvgIpc) is 2.38. The molecule has 0 radical (unpaired) electrons. The summed E-state index contributed by atoms with van der Waals surface area (Å²) in [6, 6.07) is 5.18. The lowest BCUT2D eigenvalue weighted by atomic mass is 9.87. The van der Waals surface area contributed by atoms with Crippen LogP contribution in [-0.2, 0) is 4.79 Å². The Morgan fingerprint density at radius 2 is 2.05 bits per heavy atom. The molecule has 0 saturated carbocycles. The van der Waals surface area contributed by atoms with Crippen molar-refractivity contribution in [2.75, 3.05) is 12.3 Å². The molecule has 1 unspecified atom stereocenters. The number of nitrogen functional groups attached to an aromatic ring is 1. The third kappa shape index (κ3) is 3.47. The summed E-state index contributed by atoms with van der Waals surface area (Å²) in [6.45, 7) is 5.32. The van der Waals surface area contributed by atoms with Crippen LogP contribution in [0.2, 0.25) is 0 Å². The first-order valence-corrected chi connectivity index (χ1v) is 6.18. The van der Waals surface area contributed by atoms with Crippen molar-refractivity contribution in [3.8, 4) is 0 Å². The normalized spacial score (nSPS) is 13.6. The van der Waals surface area contributed by atoms with Gasteiger partial charge in [0.15, 0.2) is 0 Å². The van der Waals surface area contributed by atoms with Gasteiger partial charge in [-0.3, -0.25) is 9.59 Å². The lowest BCUT2D eigenvalue weighted by molar-refractivity contribution is -0.147. The Morgan fingerprint density at radius 3 is 2.58 bits per heavy atom. The number of carboxylic acid groups (broad SMARTS) is 1. The molecule has 4 N–H and O–H groups in total. The minimum Gasteiger partial charge on any atom is -0.481 e. The van der Waals surface area contributed by atoms with Crippen LogP contribution < -0.4 is 11.1 Å². The van der Waals surface area contributed by atoms with Gasteiger partial charge >= 0.3 is 5.97 Å². The second kappa shape index (κ2) is 5.73. The zero-order chi connectivity index (χ0) is 14.6. The van der Waals surface area contributed by atoms with E-state index in [9.17, 15) is 9.59 Å². The summed E-state index contributed by atoms with van der Waals surface area (Å²) in [5.74, 6) is -1.27. The Labute approximate surface area is 112 Å². The second-order valence-electron chi connectivity index (χ2n) is 4.99. The van der Waals surface area contributed by atoms with Crippen molar-refractivity contribution in [3.63, 3.8) is 0 Å². The van der Waals surface area contributed by atoms with E-state index >= 15 is 0 Å².